The third-order valence-corrected chi connectivity index (χ3v) is 7.04. The zero-order chi connectivity index (χ0) is 21.0. The molecule has 5 rings (SSSR count). The first-order valence-electron chi connectivity index (χ1n) is 11.1. The second-order valence-electron chi connectivity index (χ2n) is 8.42. The van der Waals surface area contributed by atoms with Gasteiger partial charge in [-0.3, -0.25) is 15.0 Å². The number of nitrogens with zero attached hydrogens (tertiary/aromatic N) is 3. The molecule has 0 aliphatic carbocycles. The third-order valence-electron chi connectivity index (χ3n) is 6.23. The summed E-state index contributed by atoms with van der Waals surface area (Å²) in [5.74, 6) is -0.102. The number of carbonyl (C=O) groups is 1. The number of hydrogen-bond acceptors (Lipinski definition) is 5. The molecule has 0 saturated carbocycles. The first kappa shape index (κ1) is 20.2. The van der Waals surface area contributed by atoms with Crippen LogP contribution in [0.2, 0.25) is 0 Å². The van der Waals surface area contributed by atoms with E-state index >= 15 is 0 Å². The van der Waals surface area contributed by atoms with Gasteiger partial charge < -0.3 is 4.90 Å². The summed E-state index contributed by atoms with van der Waals surface area (Å²) in [7, 11) is 0. The van der Waals surface area contributed by atoms with E-state index in [1.165, 1.54) is 41.7 Å². The summed E-state index contributed by atoms with van der Waals surface area (Å²) in [5, 5.41) is 5.70. The lowest BCUT2D eigenvalue weighted by atomic mass is 9.99. The number of aromatic nitrogens is 1. The van der Waals surface area contributed by atoms with Crippen molar-refractivity contribution in [2.75, 3.05) is 29.9 Å². The van der Waals surface area contributed by atoms with E-state index in [0.717, 1.165) is 50.5 Å². The highest BCUT2D eigenvalue weighted by Crippen LogP contribution is 2.25. The molecule has 0 atom stereocenters. The van der Waals surface area contributed by atoms with E-state index in [2.05, 4.69) is 49.7 Å². The molecule has 1 aromatic heterocycles. The van der Waals surface area contributed by atoms with E-state index in [1.807, 2.05) is 24.3 Å². The minimum Gasteiger partial charge on any atom is -0.367 e. The van der Waals surface area contributed by atoms with Gasteiger partial charge in [0.2, 0.25) is 0 Å². The standard InChI is InChI=1S/C25H28N4OS/c30-24(27-25-26-22(18-31-25)17-28-13-4-1-5-14-28)20-8-10-23(11-9-20)29-15-12-19-6-2-3-7-21(19)16-29/h2-3,6-11,18H,1,4-5,12-17H2,(H,26,27,30). The molecule has 0 unspecified atom stereocenters. The maximum absolute atomic E-state index is 12.7. The molecular weight excluding hydrogens is 404 g/mol. The molecular formula is C25H28N4OS. The number of piperidine rings is 1. The van der Waals surface area contributed by atoms with E-state index in [-0.39, 0.29) is 5.91 Å². The lowest BCUT2D eigenvalue weighted by Crippen LogP contribution is -2.30. The van der Waals surface area contributed by atoms with E-state index in [0.29, 0.717) is 10.7 Å². The minimum atomic E-state index is -0.102. The van der Waals surface area contributed by atoms with Gasteiger partial charge in [0.05, 0.1) is 5.69 Å². The van der Waals surface area contributed by atoms with Crippen molar-refractivity contribution in [1.29, 1.82) is 0 Å². The Hall–Kier alpha value is -2.70. The number of likely N-dealkylation sites (tertiary alicyclic amines) is 1. The first-order chi connectivity index (χ1) is 15.2. The van der Waals surface area contributed by atoms with Crippen LogP contribution in [0.5, 0.6) is 0 Å². The first-order valence-corrected chi connectivity index (χ1v) is 12.0. The lowest BCUT2D eigenvalue weighted by Gasteiger charge is -2.30. The summed E-state index contributed by atoms with van der Waals surface area (Å²) < 4.78 is 0. The number of anilines is 2. The molecule has 160 valence electrons. The van der Waals surface area contributed by atoms with Crippen LogP contribution in [-0.4, -0.2) is 35.4 Å². The third kappa shape index (κ3) is 4.81. The topological polar surface area (TPSA) is 48.5 Å². The van der Waals surface area contributed by atoms with Crippen molar-refractivity contribution < 1.29 is 4.79 Å². The average molecular weight is 433 g/mol. The van der Waals surface area contributed by atoms with Crippen LogP contribution in [-0.2, 0) is 19.5 Å². The van der Waals surface area contributed by atoms with Crippen molar-refractivity contribution in [1.82, 2.24) is 9.88 Å². The number of rotatable bonds is 5. The van der Waals surface area contributed by atoms with Crippen molar-refractivity contribution in [2.45, 2.75) is 38.8 Å². The van der Waals surface area contributed by atoms with Crippen LogP contribution in [0, 0.1) is 0 Å². The number of hydrogen-bond donors (Lipinski definition) is 1. The van der Waals surface area contributed by atoms with Crippen molar-refractivity contribution in [3.63, 3.8) is 0 Å². The Morgan fingerprint density at radius 1 is 0.968 bits per heavy atom. The summed E-state index contributed by atoms with van der Waals surface area (Å²) >= 11 is 1.50. The molecule has 1 fully saturated rings. The van der Waals surface area contributed by atoms with Crippen LogP contribution >= 0.6 is 11.3 Å². The molecule has 0 bridgehead atoms. The predicted octanol–water partition coefficient (Wildman–Crippen LogP) is 4.94. The van der Waals surface area contributed by atoms with Crippen LogP contribution < -0.4 is 10.2 Å². The van der Waals surface area contributed by atoms with Crippen molar-refractivity contribution in [2.24, 2.45) is 0 Å². The zero-order valence-electron chi connectivity index (χ0n) is 17.7. The summed E-state index contributed by atoms with van der Waals surface area (Å²) in [6, 6.07) is 16.6. The molecule has 1 amide bonds. The van der Waals surface area contributed by atoms with Crippen molar-refractivity contribution in [3.8, 4) is 0 Å². The fraction of sp³-hybridized carbons (Fsp3) is 0.360. The highest BCUT2D eigenvalue weighted by molar-refractivity contribution is 7.14. The van der Waals surface area contributed by atoms with Crippen LogP contribution in [0.15, 0.2) is 53.9 Å². The minimum absolute atomic E-state index is 0.102. The summed E-state index contributed by atoms with van der Waals surface area (Å²) in [6.07, 6.45) is 4.93. The molecule has 1 saturated heterocycles. The van der Waals surface area contributed by atoms with Gasteiger partial charge in [-0.2, -0.15) is 0 Å². The SMILES string of the molecule is O=C(Nc1nc(CN2CCCCC2)cs1)c1ccc(N2CCc3ccccc3C2)cc1. The highest BCUT2D eigenvalue weighted by Gasteiger charge is 2.17. The number of benzene rings is 2. The molecule has 2 aliphatic rings. The van der Waals surface area contributed by atoms with Crippen LogP contribution in [0.4, 0.5) is 10.8 Å². The smallest absolute Gasteiger partial charge is 0.257 e. The van der Waals surface area contributed by atoms with Gasteiger partial charge in [0.1, 0.15) is 0 Å². The molecule has 2 aromatic carbocycles. The van der Waals surface area contributed by atoms with Gasteiger partial charge in [0, 0.05) is 36.3 Å². The largest absolute Gasteiger partial charge is 0.367 e. The average Bonchev–Trinajstić information content (AvgIpc) is 3.26. The number of carbonyl (C=O) groups excluding carboxylic acids is 1. The Bertz CT molecular complexity index is 1040. The van der Waals surface area contributed by atoms with E-state index < -0.39 is 0 Å². The molecule has 2 aliphatic heterocycles. The van der Waals surface area contributed by atoms with Gasteiger partial charge in [0.15, 0.2) is 5.13 Å². The van der Waals surface area contributed by atoms with E-state index in [4.69, 9.17) is 0 Å². The Labute approximate surface area is 187 Å². The number of amides is 1. The fourth-order valence-corrected chi connectivity index (χ4v) is 5.19. The number of thiazole rings is 1. The van der Waals surface area contributed by atoms with Crippen molar-refractivity contribution >= 4 is 28.1 Å². The van der Waals surface area contributed by atoms with Gasteiger partial charge in [0.25, 0.3) is 5.91 Å². The number of fused-ring (bicyclic) bond motifs is 1. The normalized spacial score (nSPS) is 16.7. The van der Waals surface area contributed by atoms with E-state index in [1.54, 1.807) is 0 Å². The maximum Gasteiger partial charge on any atom is 0.257 e. The maximum atomic E-state index is 12.7. The summed E-state index contributed by atoms with van der Waals surface area (Å²) in [5.41, 5.74) is 5.69. The monoisotopic (exact) mass is 432 g/mol. The molecule has 1 N–H and O–H groups in total. The predicted molar refractivity (Wildman–Crippen MR) is 127 cm³/mol. The molecule has 3 heterocycles. The molecule has 3 aromatic rings. The van der Waals surface area contributed by atoms with Gasteiger partial charge in [-0.1, -0.05) is 30.7 Å². The van der Waals surface area contributed by atoms with Crippen LogP contribution in [0.1, 0.15) is 46.4 Å². The van der Waals surface area contributed by atoms with Gasteiger partial charge in [-0.25, -0.2) is 4.98 Å². The Balaban J connectivity index is 1.19. The highest BCUT2D eigenvalue weighted by atomic mass is 32.1. The van der Waals surface area contributed by atoms with Crippen LogP contribution in [0.3, 0.4) is 0 Å². The van der Waals surface area contributed by atoms with Crippen molar-refractivity contribution in [3.05, 3.63) is 76.3 Å². The van der Waals surface area contributed by atoms with Gasteiger partial charge in [-0.15, -0.1) is 11.3 Å². The molecule has 6 heteroatoms. The molecule has 0 radical (unpaired) electrons. The second-order valence-corrected chi connectivity index (χ2v) is 9.28. The van der Waals surface area contributed by atoms with Crippen LogP contribution in [0.25, 0.3) is 0 Å². The Morgan fingerprint density at radius 2 is 1.74 bits per heavy atom. The molecule has 0 spiro atoms. The zero-order valence-corrected chi connectivity index (χ0v) is 18.5. The Morgan fingerprint density at radius 3 is 2.55 bits per heavy atom. The van der Waals surface area contributed by atoms with E-state index in [9.17, 15) is 4.79 Å². The Kier molecular flexibility index (Phi) is 6.00. The van der Waals surface area contributed by atoms with Gasteiger partial charge in [-0.05, 0) is 67.7 Å². The van der Waals surface area contributed by atoms with Gasteiger partial charge >= 0.3 is 0 Å². The molecule has 31 heavy (non-hydrogen) atoms. The quantitative estimate of drug-likeness (QED) is 0.620. The lowest BCUT2D eigenvalue weighted by molar-refractivity contribution is 0.102. The summed E-state index contributed by atoms with van der Waals surface area (Å²) in [4.78, 5) is 22.1. The number of nitrogens with one attached hydrogen (secondary N) is 1. The molecule has 5 nitrogen and oxygen atoms in total. The second kappa shape index (κ2) is 9.20. The fourth-order valence-electron chi connectivity index (χ4n) is 4.49. The summed E-state index contributed by atoms with van der Waals surface area (Å²) in [6.45, 7) is 5.09.